The lowest BCUT2D eigenvalue weighted by Crippen LogP contribution is -2.31. The molecule has 3 aromatic rings. The number of amides is 1. The molecule has 0 aliphatic heterocycles. The van der Waals surface area contributed by atoms with Crippen LogP contribution in [0.25, 0.3) is 11.3 Å². The molecule has 0 fully saturated rings. The largest absolute Gasteiger partial charge is 0.497 e. The maximum Gasteiger partial charge on any atom is 0.220 e. The summed E-state index contributed by atoms with van der Waals surface area (Å²) in [6, 6.07) is 7.64. The van der Waals surface area contributed by atoms with E-state index >= 15 is 0 Å². The fourth-order valence-corrected chi connectivity index (χ4v) is 3.66. The Hall–Kier alpha value is -3.09. The molecule has 1 aromatic carbocycles. The normalized spacial score (nSPS) is 15.9. The molecule has 0 bridgehead atoms. The summed E-state index contributed by atoms with van der Waals surface area (Å²) in [5.41, 5.74) is 3.28. The molecule has 4 rings (SSSR count). The number of hydrogen-bond donors (Lipinski definition) is 1. The molecule has 1 aliphatic rings. The summed E-state index contributed by atoms with van der Waals surface area (Å²) >= 11 is 0. The molecule has 1 amide bonds. The summed E-state index contributed by atoms with van der Waals surface area (Å²) in [4.78, 5) is 16.7. The van der Waals surface area contributed by atoms with E-state index in [2.05, 4.69) is 15.4 Å². The zero-order valence-electron chi connectivity index (χ0n) is 16.1. The van der Waals surface area contributed by atoms with Crippen molar-refractivity contribution in [3.63, 3.8) is 0 Å². The molecule has 0 saturated heterocycles. The SMILES string of the molecule is COc1ccc(-c2cnc(CCC(=O)NC3CCCc4c3cnn4C)o2)cc1. The molecule has 0 saturated carbocycles. The minimum atomic E-state index is 0.00546. The summed E-state index contributed by atoms with van der Waals surface area (Å²) in [6.45, 7) is 0. The number of aryl methyl sites for hydroxylation is 2. The number of oxazole rings is 1. The van der Waals surface area contributed by atoms with Crippen molar-refractivity contribution >= 4 is 5.91 Å². The third kappa shape index (κ3) is 3.78. The number of ether oxygens (including phenoxy) is 1. The average molecular weight is 380 g/mol. The third-order valence-electron chi connectivity index (χ3n) is 5.20. The van der Waals surface area contributed by atoms with Gasteiger partial charge in [-0.3, -0.25) is 9.48 Å². The number of fused-ring (bicyclic) bond motifs is 1. The number of nitrogens with one attached hydrogen (secondary N) is 1. The van der Waals surface area contributed by atoms with Gasteiger partial charge in [-0.15, -0.1) is 0 Å². The van der Waals surface area contributed by atoms with Crippen molar-refractivity contribution in [2.75, 3.05) is 7.11 Å². The van der Waals surface area contributed by atoms with Crippen molar-refractivity contribution in [1.29, 1.82) is 0 Å². The lowest BCUT2D eigenvalue weighted by Gasteiger charge is -2.23. The van der Waals surface area contributed by atoms with Gasteiger partial charge in [0.05, 0.1) is 25.5 Å². The van der Waals surface area contributed by atoms with Gasteiger partial charge in [-0.05, 0) is 43.5 Å². The topological polar surface area (TPSA) is 82.2 Å². The molecule has 0 spiro atoms. The Balaban J connectivity index is 1.34. The molecule has 1 aliphatic carbocycles. The van der Waals surface area contributed by atoms with Crippen LogP contribution in [0.4, 0.5) is 0 Å². The van der Waals surface area contributed by atoms with Gasteiger partial charge < -0.3 is 14.5 Å². The highest BCUT2D eigenvalue weighted by Crippen LogP contribution is 2.29. The van der Waals surface area contributed by atoms with E-state index in [0.717, 1.165) is 36.1 Å². The van der Waals surface area contributed by atoms with Crippen LogP contribution in [-0.4, -0.2) is 27.8 Å². The van der Waals surface area contributed by atoms with Crippen molar-refractivity contribution in [3.05, 3.63) is 53.8 Å². The van der Waals surface area contributed by atoms with E-state index in [1.165, 1.54) is 5.69 Å². The maximum absolute atomic E-state index is 12.4. The van der Waals surface area contributed by atoms with E-state index in [9.17, 15) is 4.79 Å². The highest BCUT2D eigenvalue weighted by Gasteiger charge is 2.24. The van der Waals surface area contributed by atoms with E-state index in [-0.39, 0.29) is 11.9 Å². The Morgan fingerprint density at radius 3 is 2.93 bits per heavy atom. The van der Waals surface area contributed by atoms with Crippen LogP contribution in [0, 0.1) is 0 Å². The van der Waals surface area contributed by atoms with E-state index in [1.807, 2.05) is 42.2 Å². The van der Waals surface area contributed by atoms with Gasteiger partial charge in [-0.25, -0.2) is 4.98 Å². The molecule has 1 N–H and O–H groups in total. The van der Waals surface area contributed by atoms with Crippen LogP contribution >= 0.6 is 0 Å². The van der Waals surface area contributed by atoms with Gasteiger partial charge in [0.2, 0.25) is 5.91 Å². The lowest BCUT2D eigenvalue weighted by atomic mass is 9.93. The molecule has 7 heteroatoms. The molecular formula is C21H24N4O3. The van der Waals surface area contributed by atoms with Crippen molar-refractivity contribution in [2.45, 2.75) is 38.1 Å². The highest BCUT2D eigenvalue weighted by molar-refractivity contribution is 5.76. The summed E-state index contributed by atoms with van der Waals surface area (Å²) in [5, 5.41) is 7.46. The van der Waals surface area contributed by atoms with Crippen molar-refractivity contribution in [1.82, 2.24) is 20.1 Å². The first-order valence-corrected chi connectivity index (χ1v) is 9.53. The number of hydrogen-bond acceptors (Lipinski definition) is 5. The minimum Gasteiger partial charge on any atom is -0.497 e. The molecule has 146 valence electrons. The molecule has 1 unspecified atom stereocenters. The van der Waals surface area contributed by atoms with Crippen LogP contribution in [0.2, 0.25) is 0 Å². The summed E-state index contributed by atoms with van der Waals surface area (Å²) in [6.07, 6.45) is 7.40. The summed E-state index contributed by atoms with van der Waals surface area (Å²) in [7, 11) is 3.58. The molecule has 0 radical (unpaired) electrons. The minimum absolute atomic E-state index is 0.00546. The number of aromatic nitrogens is 3. The van der Waals surface area contributed by atoms with Gasteiger partial charge in [0.15, 0.2) is 11.7 Å². The van der Waals surface area contributed by atoms with Crippen LogP contribution in [0.1, 0.15) is 42.5 Å². The first-order chi connectivity index (χ1) is 13.6. The number of methoxy groups -OCH3 is 1. The quantitative estimate of drug-likeness (QED) is 0.710. The molecule has 1 atom stereocenters. The fourth-order valence-electron chi connectivity index (χ4n) is 3.66. The van der Waals surface area contributed by atoms with Gasteiger partial charge in [0, 0.05) is 36.7 Å². The number of nitrogens with zero attached hydrogens (tertiary/aromatic N) is 3. The molecule has 28 heavy (non-hydrogen) atoms. The first kappa shape index (κ1) is 18.3. The molecule has 2 heterocycles. The third-order valence-corrected chi connectivity index (χ3v) is 5.20. The van der Waals surface area contributed by atoms with E-state index < -0.39 is 0 Å². The van der Waals surface area contributed by atoms with Crippen LogP contribution in [0.5, 0.6) is 5.75 Å². The highest BCUT2D eigenvalue weighted by atomic mass is 16.5. The van der Waals surface area contributed by atoms with Gasteiger partial charge in [-0.2, -0.15) is 5.10 Å². The Kier molecular flexibility index (Phi) is 5.14. The predicted molar refractivity (Wildman–Crippen MR) is 104 cm³/mol. The van der Waals surface area contributed by atoms with Crippen LogP contribution < -0.4 is 10.1 Å². The van der Waals surface area contributed by atoms with Crippen molar-refractivity contribution in [2.24, 2.45) is 7.05 Å². The average Bonchev–Trinajstić information content (AvgIpc) is 3.34. The lowest BCUT2D eigenvalue weighted by molar-refractivity contribution is -0.122. The van der Waals surface area contributed by atoms with Crippen LogP contribution in [0.3, 0.4) is 0 Å². The Morgan fingerprint density at radius 2 is 2.14 bits per heavy atom. The fraction of sp³-hybridized carbons (Fsp3) is 0.381. The van der Waals surface area contributed by atoms with Gasteiger partial charge >= 0.3 is 0 Å². The van der Waals surface area contributed by atoms with Gasteiger partial charge in [0.1, 0.15) is 5.75 Å². The Labute approximate surface area is 163 Å². The van der Waals surface area contributed by atoms with E-state index in [4.69, 9.17) is 9.15 Å². The standard InChI is InChI=1S/C21H24N4O3/c1-25-18-5-3-4-17(16(18)12-23-25)24-20(26)10-11-21-22-13-19(28-21)14-6-8-15(27-2)9-7-14/h6-9,12-13,17H,3-5,10-11H2,1-2H3,(H,24,26). The second kappa shape index (κ2) is 7.88. The van der Waals surface area contributed by atoms with Crippen LogP contribution in [-0.2, 0) is 24.7 Å². The predicted octanol–water partition coefficient (Wildman–Crippen LogP) is 3.21. The summed E-state index contributed by atoms with van der Waals surface area (Å²) in [5.74, 6) is 2.04. The number of carbonyl (C=O) groups is 1. The van der Waals surface area contributed by atoms with Crippen molar-refractivity contribution < 1.29 is 13.9 Å². The second-order valence-electron chi connectivity index (χ2n) is 7.03. The zero-order chi connectivity index (χ0) is 19.5. The number of carbonyl (C=O) groups excluding carboxylic acids is 1. The van der Waals surface area contributed by atoms with Crippen LogP contribution in [0.15, 0.2) is 41.1 Å². The molecular weight excluding hydrogens is 356 g/mol. The summed E-state index contributed by atoms with van der Waals surface area (Å²) < 4.78 is 12.9. The smallest absolute Gasteiger partial charge is 0.220 e. The monoisotopic (exact) mass is 380 g/mol. The van der Waals surface area contributed by atoms with Gasteiger partial charge in [0.25, 0.3) is 0 Å². The Bertz CT molecular complexity index is 958. The Morgan fingerprint density at radius 1 is 1.32 bits per heavy atom. The number of rotatable bonds is 6. The van der Waals surface area contributed by atoms with E-state index in [1.54, 1.807) is 13.3 Å². The molecule has 2 aromatic heterocycles. The maximum atomic E-state index is 12.4. The number of benzene rings is 1. The van der Waals surface area contributed by atoms with E-state index in [0.29, 0.717) is 24.5 Å². The first-order valence-electron chi connectivity index (χ1n) is 9.53. The molecule has 7 nitrogen and oxygen atoms in total. The van der Waals surface area contributed by atoms with Gasteiger partial charge in [-0.1, -0.05) is 0 Å². The zero-order valence-corrected chi connectivity index (χ0v) is 16.1. The second-order valence-corrected chi connectivity index (χ2v) is 7.03. The van der Waals surface area contributed by atoms with Crippen molar-refractivity contribution in [3.8, 4) is 17.1 Å².